The van der Waals surface area contributed by atoms with E-state index in [0.717, 1.165) is 18.4 Å². The van der Waals surface area contributed by atoms with E-state index in [4.69, 9.17) is 0 Å². The Morgan fingerprint density at radius 2 is 1.50 bits per heavy atom. The predicted octanol–water partition coefficient (Wildman–Crippen LogP) is 4.33. The highest BCUT2D eigenvalue weighted by Crippen LogP contribution is 2.26. The fraction of sp³-hybridized carbons (Fsp3) is 0.214. The average Bonchev–Trinajstić information content (AvgIpc) is 2.43. The summed E-state index contributed by atoms with van der Waals surface area (Å²) < 4.78 is 52.8. The second-order valence-corrected chi connectivity index (χ2v) is 4.27. The van der Waals surface area contributed by atoms with Gasteiger partial charge in [-0.05, 0) is 24.1 Å². The molecule has 0 atom stereocenters. The Kier molecular flexibility index (Phi) is 4.22. The number of nitrogens with zero attached hydrogens (tertiary/aromatic N) is 1. The Hall–Kier alpha value is -2.11. The van der Waals surface area contributed by atoms with Gasteiger partial charge in [-0.15, -0.1) is 0 Å². The summed E-state index contributed by atoms with van der Waals surface area (Å²) in [5.74, 6) is -6.48. The lowest BCUT2D eigenvalue weighted by atomic mass is 10.1. The van der Waals surface area contributed by atoms with E-state index in [-0.39, 0.29) is 0 Å². The molecule has 2 rings (SSSR count). The van der Waals surface area contributed by atoms with Crippen LogP contribution in [0.5, 0.6) is 0 Å². The molecule has 0 amide bonds. The number of aryl methyl sites for hydroxylation is 1. The molecule has 0 unspecified atom stereocenters. The number of aromatic nitrogens is 1. The van der Waals surface area contributed by atoms with Gasteiger partial charge in [0.25, 0.3) is 11.9 Å². The van der Waals surface area contributed by atoms with Gasteiger partial charge in [0, 0.05) is 5.69 Å². The summed E-state index contributed by atoms with van der Waals surface area (Å²) in [6.07, 6.45) is 1.85. The van der Waals surface area contributed by atoms with Crippen molar-refractivity contribution in [2.24, 2.45) is 0 Å². The summed E-state index contributed by atoms with van der Waals surface area (Å²) in [5.41, 5.74) is 0.497. The lowest BCUT2D eigenvalue weighted by molar-refractivity contribution is 0.411. The fourth-order valence-corrected chi connectivity index (χ4v) is 1.78. The summed E-state index contributed by atoms with van der Waals surface area (Å²) in [4.78, 5) is 2.49. The third-order valence-corrected chi connectivity index (χ3v) is 2.76. The standard InChI is InChI=1S/C14H12F4N2/c1-2-3-8-4-6-9(7-5-8)19-12-10(15)13(17)20-14(18)11(12)16/h4-7H,2-3H2,1H3,(H,19,20). The van der Waals surface area contributed by atoms with E-state index in [1.165, 1.54) is 0 Å². The van der Waals surface area contributed by atoms with Gasteiger partial charge in [0.15, 0.2) is 0 Å². The van der Waals surface area contributed by atoms with Gasteiger partial charge >= 0.3 is 0 Å². The quantitative estimate of drug-likeness (QED) is 0.667. The lowest BCUT2D eigenvalue weighted by Crippen LogP contribution is -2.06. The number of rotatable bonds is 4. The molecule has 0 aliphatic heterocycles. The number of anilines is 2. The molecule has 0 saturated heterocycles. The second kappa shape index (κ2) is 5.90. The SMILES string of the molecule is CCCc1ccc(Nc2c(F)c(F)nc(F)c2F)cc1. The summed E-state index contributed by atoms with van der Waals surface area (Å²) in [5, 5.41) is 2.32. The van der Waals surface area contributed by atoms with Gasteiger partial charge in [0.05, 0.1) is 0 Å². The largest absolute Gasteiger partial charge is 0.350 e. The maximum absolute atomic E-state index is 13.4. The molecular formula is C14H12F4N2. The zero-order chi connectivity index (χ0) is 14.7. The Morgan fingerprint density at radius 1 is 0.950 bits per heavy atom. The molecule has 0 aliphatic rings. The normalized spacial score (nSPS) is 10.7. The van der Waals surface area contributed by atoms with Gasteiger partial charge in [0.2, 0.25) is 11.6 Å². The van der Waals surface area contributed by atoms with Crippen molar-refractivity contribution in [1.29, 1.82) is 0 Å². The van der Waals surface area contributed by atoms with Crippen LogP contribution in [0.2, 0.25) is 0 Å². The third kappa shape index (κ3) is 2.89. The highest BCUT2D eigenvalue weighted by atomic mass is 19.2. The first-order chi connectivity index (χ1) is 9.52. The van der Waals surface area contributed by atoms with E-state index in [9.17, 15) is 17.6 Å². The van der Waals surface area contributed by atoms with Gasteiger partial charge in [-0.25, -0.2) is 0 Å². The van der Waals surface area contributed by atoms with Crippen molar-refractivity contribution in [3.63, 3.8) is 0 Å². The molecule has 0 bridgehead atoms. The van der Waals surface area contributed by atoms with Crippen molar-refractivity contribution in [3.05, 3.63) is 53.4 Å². The van der Waals surface area contributed by atoms with E-state index < -0.39 is 29.2 Å². The molecule has 1 aromatic heterocycles. The van der Waals surface area contributed by atoms with Crippen LogP contribution in [0.25, 0.3) is 0 Å². The molecule has 0 saturated carbocycles. The average molecular weight is 284 g/mol. The van der Waals surface area contributed by atoms with Crippen LogP contribution in [-0.4, -0.2) is 4.98 Å². The Bertz CT molecular complexity index is 585. The van der Waals surface area contributed by atoms with E-state index in [2.05, 4.69) is 10.3 Å². The summed E-state index contributed by atoms with van der Waals surface area (Å²) >= 11 is 0. The highest BCUT2D eigenvalue weighted by molar-refractivity contribution is 5.60. The minimum atomic E-state index is -1.69. The minimum Gasteiger partial charge on any atom is -0.350 e. The van der Waals surface area contributed by atoms with Crippen LogP contribution in [0.3, 0.4) is 0 Å². The third-order valence-electron chi connectivity index (χ3n) is 2.76. The number of hydrogen-bond acceptors (Lipinski definition) is 2. The molecule has 1 aromatic carbocycles. The van der Waals surface area contributed by atoms with Crippen molar-refractivity contribution in [2.45, 2.75) is 19.8 Å². The topological polar surface area (TPSA) is 24.9 Å². The molecule has 6 heteroatoms. The fourth-order valence-electron chi connectivity index (χ4n) is 1.78. The van der Waals surface area contributed by atoms with E-state index in [1.54, 1.807) is 24.3 Å². The molecule has 0 aliphatic carbocycles. The molecule has 1 heterocycles. The smallest absolute Gasteiger partial charge is 0.253 e. The van der Waals surface area contributed by atoms with Gasteiger partial charge < -0.3 is 5.32 Å². The van der Waals surface area contributed by atoms with Crippen molar-refractivity contribution < 1.29 is 17.6 Å². The van der Waals surface area contributed by atoms with Gasteiger partial charge in [-0.2, -0.15) is 22.5 Å². The molecule has 2 aromatic rings. The molecule has 2 nitrogen and oxygen atoms in total. The number of hydrogen-bond donors (Lipinski definition) is 1. The van der Waals surface area contributed by atoms with Crippen LogP contribution >= 0.6 is 0 Å². The van der Waals surface area contributed by atoms with Crippen molar-refractivity contribution >= 4 is 11.4 Å². The van der Waals surface area contributed by atoms with Crippen LogP contribution in [-0.2, 0) is 6.42 Å². The highest BCUT2D eigenvalue weighted by Gasteiger charge is 2.20. The van der Waals surface area contributed by atoms with E-state index >= 15 is 0 Å². The van der Waals surface area contributed by atoms with Crippen LogP contribution in [0.4, 0.5) is 28.9 Å². The van der Waals surface area contributed by atoms with Crippen molar-refractivity contribution in [1.82, 2.24) is 4.98 Å². The van der Waals surface area contributed by atoms with Crippen LogP contribution in [0.1, 0.15) is 18.9 Å². The summed E-state index contributed by atoms with van der Waals surface area (Å²) in [6, 6.07) is 6.71. The number of pyridine rings is 1. The summed E-state index contributed by atoms with van der Waals surface area (Å²) in [6.45, 7) is 2.03. The first-order valence-corrected chi connectivity index (χ1v) is 6.09. The monoisotopic (exact) mass is 284 g/mol. The molecule has 0 spiro atoms. The number of benzene rings is 1. The van der Waals surface area contributed by atoms with Crippen LogP contribution in [0, 0.1) is 23.5 Å². The Morgan fingerprint density at radius 3 is 2.00 bits per heavy atom. The molecule has 0 fully saturated rings. The molecular weight excluding hydrogens is 272 g/mol. The Balaban J connectivity index is 2.30. The zero-order valence-electron chi connectivity index (χ0n) is 10.7. The summed E-state index contributed by atoms with van der Waals surface area (Å²) in [7, 11) is 0. The molecule has 1 N–H and O–H groups in total. The Labute approximate surface area is 113 Å². The van der Waals surface area contributed by atoms with Gasteiger partial charge in [-0.3, -0.25) is 0 Å². The lowest BCUT2D eigenvalue weighted by Gasteiger charge is -2.10. The van der Waals surface area contributed by atoms with Gasteiger partial charge in [0.1, 0.15) is 5.69 Å². The number of halogens is 4. The minimum absolute atomic E-state index is 0.327. The van der Waals surface area contributed by atoms with E-state index in [1.807, 2.05) is 6.92 Å². The maximum Gasteiger partial charge on any atom is 0.253 e. The molecule has 106 valence electrons. The number of nitrogens with one attached hydrogen (secondary N) is 1. The second-order valence-electron chi connectivity index (χ2n) is 4.27. The predicted molar refractivity (Wildman–Crippen MR) is 67.8 cm³/mol. The first kappa shape index (κ1) is 14.3. The molecule has 0 radical (unpaired) electrons. The van der Waals surface area contributed by atoms with E-state index in [0.29, 0.717) is 5.69 Å². The van der Waals surface area contributed by atoms with Crippen molar-refractivity contribution in [3.8, 4) is 0 Å². The first-order valence-electron chi connectivity index (χ1n) is 6.09. The van der Waals surface area contributed by atoms with Crippen molar-refractivity contribution in [2.75, 3.05) is 5.32 Å². The maximum atomic E-state index is 13.4. The molecule has 20 heavy (non-hydrogen) atoms. The van der Waals surface area contributed by atoms with Crippen LogP contribution in [0.15, 0.2) is 24.3 Å². The van der Waals surface area contributed by atoms with Crippen LogP contribution < -0.4 is 5.32 Å². The zero-order valence-corrected chi connectivity index (χ0v) is 10.7. The van der Waals surface area contributed by atoms with Gasteiger partial charge in [-0.1, -0.05) is 25.5 Å².